The molecule has 128 valence electrons. The van der Waals surface area contributed by atoms with Crippen molar-refractivity contribution in [1.82, 2.24) is 4.90 Å². The molecule has 0 radical (unpaired) electrons. The largest absolute Gasteiger partial charge is 0.491 e. The van der Waals surface area contributed by atoms with Gasteiger partial charge in [0.05, 0.1) is 0 Å². The molecule has 0 aliphatic carbocycles. The first kappa shape index (κ1) is 17.3. The van der Waals surface area contributed by atoms with Crippen LogP contribution in [0.5, 0.6) is 5.75 Å². The number of anilines is 1. The van der Waals surface area contributed by atoms with E-state index in [0.29, 0.717) is 13.2 Å². The molecular weight excluding hydrogens is 368 g/mol. The van der Waals surface area contributed by atoms with Crippen LogP contribution in [0.25, 0.3) is 0 Å². The minimum atomic E-state index is -0.475. The molecule has 0 aromatic heterocycles. The average molecular weight is 391 g/mol. The Morgan fingerprint density at radius 3 is 2.29 bits per heavy atom. The number of benzene rings is 2. The summed E-state index contributed by atoms with van der Waals surface area (Å²) in [4.78, 5) is 4.69. The summed E-state index contributed by atoms with van der Waals surface area (Å²) in [6.45, 7) is 4.88. The molecule has 4 nitrogen and oxygen atoms in total. The third-order valence-corrected chi connectivity index (χ3v) is 4.75. The van der Waals surface area contributed by atoms with Crippen LogP contribution in [0.15, 0.2) is 59.1 Å². The molecule has 5 heteroatoms. The summed E-state index contributed by atoms with van der Waals surface area (Å²) in [7, 11) is 0. The van der Waals surface area contributed by atoms with Gasteiger partial charge in [-0.3, -0.25) is 4.90 Å². The van der Waals surface area contributed by atoms with Gasteiger partial charge in [0.2, 0.25) is 0 Å². The van der Waals surface area contributed by atoms with E-state index in [1.165, 1.54) is 5.69 Å². The number of hydrogen-bond acceptors (Lipinski definition) is 4. The molecule has 1 aliphatic rings. The predicted molar refractivity (Wildman–Crippen MR) is 101 cm³/mol. The van der Waals surface area contributed by atoms with Gasteiger partial charge in [0.1, 0.15) is 18.5 Å². The number of para-hydroxylation sites is 1. The SMILES string of the molecule is O[C@@H](COc1ccc(Br)cc1)CN1CCN(c2ccccc2)CC1. The van der Waals surface area contributed by atoms with E-state index in [4.69, 9.17) is 4.74 Å². The predicted octanol–water partition coefficient (Wildman–Crippen LogP) is 3.01. The van der Waals surface area contributed by atoms with E-state index < -0.39 is 6.10 Å². The third-order valence-electron chi connectivity index (χ3n) is 4.22. The van der Waals surface area contributed by atoms with E-state index in [2.05, 4.69) is 50.0 Å². The van der Waals surface area contributed by atoms with Crippen molar-refractivity contribution in [3.63, 3.8) is 0 Å². The van der Waals surface area contributed by atoms with Crippen LogP contribution in [-0.4, -0.2) is 55.4 Å². The molecule has 0 bridgehead atoms. The van der Waals surface area contributed by atoms with Crippen LogP contribution in [0.3, 0.4) is 0 Å². The van der Waals surface area contributed by atoms with Crippen molar-refractivity contribution < 1.29 is 9.84 Å². The summed E-state index contributed by atoms with van der Waals surface area (Å²) in [5, 5.41) is 10.2. The van der Waals surface area contributed by atoms with E-state index in [-0.39, 0.29) is 0 Å². The minimum Gasteiger partial charge on any atom is -0.491 e. The zero-order valence-electron chi connectivity index (χ0n) is 13.6. The fourth-order valence-electron chi connectivity index (χ4n) is 2.90. The number of rotatable bonds is 6. The molecule has 2 aromatic rings. The number of piperazine rings is 1. The second-order valence-electron chi connectivity index (χ2n) is 6.04. The average Bonchev–Trinajstić information content (AvgIpc) is 2.63. The van der Waals surface area contributed by atoms with E-state index in [1.54, 1.807) is 0 Å². The van der Waals surface area contributed by atoms with E-state index in [9.17, 15) is 5.11 Å². The van der Waals surface area contributed by atoms with Gasteiger partial charge in [-0.15, -0.1) is 0 Å². The third kappa shape index (κ3) is 4.97. The van der Waals surface area contributed by atoms with Crippen molar-refractivity contribution in [1.29, 1.82) is 0 Å². The molecule has 2 aromatic carbocycles. The number of ether oxygens (including phenoxy) is 1. The fourth-order valence-corrected chi connectivity index (χ4v) is 3.17. The van der Waals surface area contributed by atoms with Crippen molar-refractivity contribution in [2.75, 3.05) is 44.2 Å². The van der Waals surface area contributed by atoms with Crippen LogP contribution in [-0.2, 0) is 0 Å². The van der Waals surface area contributed by atoms with Crippen molar-refractivity contribution in [2.45, 2.75) is 6.10 Å². The lowest BCUT2D eigenvalue weighted by Gasteiger charge is -2.36. The molecule has 0 unspecified atom stereocenters. The van der Waals surface area contributed by atoms with Crippen LogP contribution < -0.4 is 9.64 Å². The second kappa shape index (κ2) is 8.51. The highest BCUT2D eigenvalue weighted by molar-refractivity contribution is 9.10. The molecule has 1 N–H and O–H groups in total. The Hall–Kier alpha value is -1.56. The quantitative estimate of drug-likeness (QED) is 0.822. The highest BCUT2D eigenvalue weighted by atomic mass is 79.9. The summed E-state index contributed by atoms with van der Waals surface area (Å²) in [5.41, 5.74) is 1.27. The van der Waals surface area contributed by atoms with Crippen LogP contribution >= 0.6 is 15.9 Å². The van der Waals surface area contributed by atoms with Gasteiger partial charge in [0.15, 0.2) is 0 Å². The molecule has 0 saturated carbocycles. The Kier molecular flexibility index (Phi) is 6.12. The van der Waals surface area contributed by atoms with Gasteiger partial charge < -0.3 is 14.7 Å². The Morgan fingerprint density at radius 1 is 0.958 bits per heavy atom. The molecule has 24 heavy (non-hydrogen) atoms. The minimum absolute atomic E-state index is 0.320. The summed E-state index contributed by atoms with van der Waals surface area (Å²) in [5.74, 6) is 0.783. The monoisotopic (exact) mass is 390 g/mol. The first-order valence-corrected chi connectivity index (χ1v) is 9.09. The van der Waals surface area contributed by atoms with Crippen LogP contribution in [0.2, 0.25) is 0 Å². The van der Waals surface area contributed by atoms with E-state index in [1.807, 2.05) is 30.3 Å². The molecule has 1 heterocycles. The lowest BCUT2D eigenvalue weighted by molar-refractivity contribution is 0.0663. The number of β-amino-alcohol motifs (C(OH)–C–C–N with tert-alkyl or cyclic N) is 1. The summed E-state index contributed by atoms with van der Waals surface area (Å²) < 4.78 is 6.67. The maximum absolute atomic E-state index is 10.2. The number of halogens is 1. The highest BCUT2D eigenvalue weighted by Crippen LogP contribution is 2.17. The molecule has 1 fully saturated rings. The topological polar surface area (TPSA) is 35.9 Å². The summed E-state index contributed by atoms with van der Waals surface area (Å²) in [6, 6.07) is 18.2. The smallest absolute Gasteiger partial charge is 0.119 e. The Balaban J connectivity index is 1.40. The molecule has 3 rings (SSSR count). The van der Waals surface area contributed by atoms with Crippen LogP contribution in [0.4, 0.5) is 5.69 Å². The molecular formula is C19H23BrN2O2. The second-order valence-corrected chi connectivity index (χ2v) is 6.96. The lowest BCUT2D eigenvalue weighted by Crippen LogP contribution is -2.49. The number of nitrogens with zero attached hydrogens (tertiary/aromatic N) is 2. The first-order valence-electron chi connectivity index (χ1n) is 8.29. The van der Waals surface area contributed by atoms with E-state index in [0.717, 1.165) is 36.4 Å². The van der Waals surface area contributed by atoms with Crippen molar-refractivity contribution in [2.24, 2.45) is 0 Å². The molecule has 0 amide bonds. The van der Waals surface area contributed by atoms with Gasteiger partial charge in [-0.2, -0.15) is 0 Å². The Bertz CT molecular complexity index is 613. The van der Waals surface area contributed by atoms with Crippen molar-refractivity contribution >= 4 is 21.6 Å². The summed E-state index contributed by atoms with van der Waals surface area (Å²) in [6.07, 6.45) is -0.475. The maximum atomic E-state index is 10.2. The van der Waals surface area contributed by atoms with Gasteiger partial charge in [0, 0.05) is 42.9 Å². The van der Waals surface area contributed by atoms with E-state index >= 15 is 0 Å². The first-order chi connectivity index (χ1) is 11.7. The number of aliphatic hydroxyl groups is 1. The molecule has 0 spiro atoms. The highest BCUT2D eigenvalue weighted by Gasteiger charge is 2.19. The van der Waals surface area contributed by atoms with Crippen LogP contribution in [0.1, 0.15) is 0 Å². The lowest BCUT2D eigenvalue weighted by atomic mass is 10.2. The zero-order chi connectivity index (χ0) is 16.8. The Morgan fingerprint density at radius 2 is 1.62 bits per heavy atom. The fraction of sp³-hybridized carbons (Fsp3) is 0.368. The molecule has 1 atom stereocenters. The maximum Gasteiger partial charge on any atom is 0.119 e. The number of hydrogen-bond donors (Lipinski definition) is 1. The normalized spacial score (nSPS) is 16.8. The van der Waals surface area contributed by atoms with Crippen molar-refractivity contribution in [3.8, 4) is 5.75 Å². The zero-order valence-corrected chi connectivity index (χ0v) is 15.2. The number of aliphatic hydroxyl groups excluding tert-OH is 1. The van der Waals surface area contributed by atoms with Gasteiger partial charge in [-0.05, 0) is 36.4 Å². The molecule has 1 saturated heterocycles. The Labute approximate surface area is 151 Å². The van der Waals surface area contributed by atoms with Gasteiger partial charge >= 0.3 is 0 Å². The van der Waals surface area contributed by atoms with Crippen LogP contribution in [0, 0.1) is 0 Å². The summed E-state index contributed by atoms with van der Waals surface area (Å²) >= 11 is 3.40. The van der Waals surface area contributed by atoms with Gasteiger partial charge in [0.25, 0.3) is 0 Å². The van der Waals surface area contributed by atoms with Gasteiger partial charge in [-0.1, -0.05) is 34.1 Å². The standard InChI is InChI=1S/C19H23BrN2O2/c20-16-6-8-19(9-7-16)24-15-18(23)14-21-10-12-22(13-11-21)17-4-2-1-3-5-17/h1-9,18,23H,10-15H2/t18-/m1/s1. The molecule has 1 aliphatic heterocycles. The van der Waals surface area contributed by atoms with Gasteiger partial charge in [-0.25, -0.2) is 0 Å². The van der Waals surface area contributed by atoms with Crippen molar-refractivity contribution in [3.05, 3.63) is 59.1 Å².